The molecule has 0 saturated carbocycles. The van der Waals surface area contributed by atoms with Gasteiger partial charge in [-0.15, -0.1) is 11.3 Å². The summed E-state index contributed by atoms with van der Waals surface area (Å²) >= 11 is 1.78. The van der Waals surface area contributed by atoms with Crippen molar-refractivity contribution in [2.45, 2.75) is 26.3 Å². The Bertz CT molecular complexity index is 311. The number of thiophene rings is 1. The molecule has 0 unspecified atom stereocenters. The molecule has 90 valence electrons. The standard InChI is InChI=1S/C11H19N3OS/c1-2-14(7-3-6-11(12)13-15)9-10-5-4-8-16-10/h4-5,8,15H,2-3,6-7,9H2,1H3,(H2,12,13). The van der Waals surface area contributed by atoms with Crippen molar-refractivity contribution in [3.8, 4) is 0 Å². The number of hydrogen-bond acceptors (Lipinski definition) is 4. The molecule has 0 aromatic carbocycles. The van der Waals surface area contributed by atoms with E-state index in [1.54, 1.807) is 11.3 Å². The Balaban J connectivity index is 2.27. The lowest BCUT2D eigenvalue weighted by Gasteiger charge is -2.19. The van der Waals surface area contributed by atoms with Crippen LogP contribution in [0.1, 0.15) is 24.6 Å². The normalized spacial score (nSPS) is 12.2. The minimum atomic E-state index is 0.312. The average molecular weight is 241 g/mol. The van der Waals surface area contributed by atoms with Crippen molar-refractivity contribution in [1.82, 2.24) is 4.90 Å². The Morgan fingerprint density at radius 1 is 1.62 bits per heavy atom. The molecule has 1 aromatic rings. The van der Waals surface area contributed by atoms with Crippen LogP contribution in [0.5, 0.6) is 0 Å². The molecule has 0 aliphatic carbocycles. The van der Waals surface area contributed by atoms with Crippen LogP contribution in [0.2, 0.25) is 0 Å². The molecular weight excluding hydrogens is 222 g/mol. The van der Waals surface area contributed by atoms with Crippen LogP contribution in [0.15, 0.2) is 22.7 Å². The summed E-state index contributed by atoms with van der Waals surface area (Å²) < 4.78 is 0. The van der Waals surface area contributed by atoms with Crippen LogP contribution in [0, 0.1) is 0 Å². The topological polar surface area (TPSA) is 61.8 Å². The predicted molar refractivity (Wildman–Crippen MR) is 67.9 cm³/mol. The van der Waals surface area contributed by atoms with E-state index in [0.29, 0.717) is 12.3 Å². The second kappa shape index (κ2) is 7.24. The summed E-state index contributed by atoms with van der Waals surface area (Å²) in [6.45, 7) is 5.14. The van der Waals surface area contributed by atoms with Crippen molar-refractivity contribution in [1.29, 1.82) is 0 Å². The van der Waals surface area contributed by atoms with Crippen molar-refractivity contribution in [3.05, 3.63) is 22.4 Å². The Morgan fingerprint density at radius 3 is 3.00 bits per heavy atom. The van der Waals surface area contributed by atoms with Crippen molar-refractivity contribution in [2.75, 3.05) is 13.1 Å². The molecule has 0 radical (unpaired) electrons. The first-order valence-corrected chi connectivity index (χ1v) is 6.35. The van der Waals surface area contributed by atoms with Crippen LogP contribution >= 0.6 is 11.3 Å². The summed E-state index contributed by atoms with van der Waals surface area (Å²) in [5, 5.41) is 13.5. The van der Waals surface area contributed by atoms with E-state index in [9.17, 15) is 0 Å². The summed E-state index contributed by atoms with van der Waals surface area (Å²) in [5.41, 5.74) is 5.42. The number of nitrogens with two attached hydrogens (primary N) is 1. The van der Waals surface area contributed by atoms with Gasteiger partial charge in [0.2, 0.25) is 0 Å². The maximum atomic E-state index is 8.42. The first-order chi connectivity index (χ1) is 7.76. The SMILES string of the molecule is CCN(CCC/C(N)=N/O)Cc1cccs1. The molecule has 0 atom stereocenters. The quantitative estimate of drug-likeness (QED) is 0.332. The van der Waals surface area contributed by atoms with E-state index in [1.807, 2.05) is 0 Å². The first kappa shape index (κ1) is 13.0. The summed E-state index contributed by atoms with van der Waals surface area (Å²) in [7, 11) is 0. The second-order valence-corrected chi connectivity index (χ2v) is 4.68. The maximum absolute atomic E-state index is 8.42. The molecule has 0 saturated heterocycles. The Kier molecular flexibility index (Phi) is 5.88. The number of amidine groups is 1. The second-order valence-electron chi connectivity index (χ2n) is 3.64. The van der Waals surface area contributed by atoms with Gasteiger partial charge in [0, 0.05) is 17.8 Å². The van der Waals surface area contributed by atoms with Gasteiger partial charge in [-0.3, -0.25) is 4.90 Å². The van der Waals surface area contributed by atoms with Gasteiger partial charge >= 0.3 is 0 Å². The highest BCUT2D eigenvalue weighted by Gasteiger charge is 2.04. The molecule has 0 bridgehead atoms. The molecule has 1 aromatic heterocycles. The molecule has 1 heterocycles. The molecule has 0 aliphatic rings. The van der Waals surface area contributed by atoms with Gasteiger partial charge in [-0.05, 0) is 31.0 Å². The number of nitrogens with zero attached hydrogens (tertiary/aromatic N) is 2. The molecule has 0 fully saturated rings. The number of oxime groups is 1. The van der Waals surface area contributed by atoms with Crippen LogP contribution in [0.4, 0.5) is 0 Å². The zero-order valence-electron chi connectivity index (χ0n) is 9.59. The third kappa shape index (κ3) is 4.63. The summed E-state index contributed by atoms with van der Waals surface area (Å²) in [6, 6.07) is 4.22. The molecule has 16 heavy (non-hydrogen) atoms. The van der Waals surface area contributed by atoms with Gasteiger partial charge in [0.25, 0.3) is 0 Å². The van der Waals surface area contributed by atoms with Gasteiger partial charge in [0.05, 0.1) is 0 Å². The van der Waals surface area contributed by atoms with E-state index in [4.69, 9.17) is 10.9 Å². The Labute approximate surface area is 100 Å². The third-order valence-electron chi connectivity index (χ3n) is 2.44. The van der Waals surface area contributed by atoms with Crippen LogP contribution in [0.25, 0.3) is 0 Å². The van der Waals surface area contributed by atoms with Gasteiger partial charge in [0.15, 0.2) is 0 Å². The number of rotatable bonds is 7. The van der Waals surface area contributed by atoms with E-state index in [-0.39, 0.29) is 0 Å². The van der Waals surface area contributed by atoms with Gasteiger partial charge in [-0.25, -0.2) is 0 Å². The van der Waals surface area contributed by atoms with Crippen LogP contribution in [0.3, 0.4) is 0 Å². The molecular formula is C11H19N3OS. The molecule has 0 amide bonds. The molecule has 4 nitrogen and oxygen atoms in total. The van der Waals surface area contributed by atoms with Crippen LogP contribution in [-0.2, 0) is 6.54 Å². The lowest BCUT2D eigenvalue weighted by atomic mass is 10.2. The maximum Gasteiger partial charge on any atom is 0.139 e. The fourth-order valence-electron chi connectivity index (χ4n) is 1.51. The zero-order chi connectivity index (χ0) is 11.8. The minimum Gasteiger partial charge on any atom is -0.409 e. The monoisotopic (exact) mass is 241 g/mol. The average Bonchev–Trinajstić information content (AvgIpc) is 2.80. The summed E-state index contributed by atoms with van der Waals surface area (Å²) in [5.74, 6) is 0.312. The van der Waals surface area contributed by atoms with E-state index in [1.165, 1.54) is 4.88 Å². The molecule has 0 spiro atoms. The van der Waals surface area contributed by atoms with Crippen molar-refractivity contribution >= 4 is 17.2 Å². The van der Waals surface area contributed by atoms with E-state index in [0.717, 1.165) is 26.1 Å². The lowest BCUT2D eigenvalue weighted by Crippen LogP contribution is -2.25. The third-order valence-corrected chi connectivity index (χ3v) is 3.30. The Hall–Kier alpha value is -1.07. The first-order valence-electron chi connectivity index (χ1n) is 5.47. The number of hydrogen-bond donors (Lipinski definition) is 2. The largest absolute Gasteiger partial charge is 0.409 e. The zero-order valence-corrected chi connectivity index (χ0v) is 10.4. The summed E-state index contributed by atoms with van der Waals surface area (Å²) in [4.78, 5) is 3.74. The van der Waals surface area contributed by atoms with Gasteiger partial charge in [-0.1, -0.05) is 18.1 Å². The van der Waals surface area contributed by atoms with Crippen LogP contribution < -0.4 is 5.73 Å². The van der Waals surface area contributed by atoms with Crippen LogP contribution in [-0.4, -0.2) is 29.0 Å². The highest BCUT2D eigenvalue weighted by Crippen LogP contribution is 2.12. The fourth-order valence-corrected chi connectivity index (χ4v) is 2.25. The molecule has 5 heteroatoms. The van der Waals surface area contributed by atoms with Crippen molar-refractivity contribution in [2.24, 2.45) is 10.9 Å². The predicted octanol–water partition coefficient (Wildman–Crippen LogP) is 2.10. The molecule has 0 aliphatic heterocycles. The smallest absolute Gasteiger partial charge is 0.139 e. The van der Waals surface area contributed by atoms with Gasteiger partial charge < -0.3 is 10.9 Å². The van der Waals surface area contributed by atoms with Crippen molar-refractivity contribution in [3.63, 3.8) is 0 Å². The van der Waals surface area contributed by atoms with E-state index < -0.39 is 0 Å². The summed E-state index contributed by atoms with van der Waals surface area (Å²) in [6.07, 6.45) is 1.58. The highest BCUT2D eigenvalue weighted by molar-refractivity contribution is 7.09. The minimum absolute atomic E-state index is 0.312. The molecule has 1 rings (SSSR count). The van der Waals surface area contributed by atoms with Crippen molar-refractivity contribution < 1.29 is 5.21 Å². The lowest BCUT2D eigenvalue weighted by molar-refractivity contribution is 0.279. The fraction of sp³-hybridized carbons (Fsp3) is 0.545. The van der Waals surface area contributed by atoms with E-state index >= 15 is 0 Å². The van der Waals surface area contributed by atoms with Gasteiger partial charge in [0.1, 0.15) is 5.84 Å². The van der Waals surface area contributed by atoms with Gasteiger partial charge in [-0.2, -0.15) is 0 Å². The van der Waals surface area contributed by atoms with E-state index in [2.05, 4.69) is 34.5 Å². The Morgan fingerprint density at radius 2 is 2.44 bits per heavy atom. The molecule has 3 N–H and O–H groups in total. The highest BCUT2D eigenvalue weighted by atomic mass is 32.1.